The van der Waals surface area contributed by atoms with Crippen LogP contribution in [0, 0.1) is 0 Å². The summed E-state index contributed by atoms with van der Waals surface area (Å²) in [5, 5.41) is 0. The first-order valence-electron chi connectivity index (χ1n) is 9.34. The van der Waals surface area contributed by atoms with Gasteiger partial charge >= 0.3 is 0 Å². The first kappa shape index (κ1) is 18.2. The van der Waals surface area contributed by atoms with Crippen LogP contribution < -0.4 is 14.7 Å². The van der Waals surface area contributed by atoms with E-state index in [4.69, 9.17) is 0 Å². The average molecular weight is 374 g/mol. The molecule has 3 aromatic rings. The number of aromatic nitrogens is 3. The molecule has 0 bridgehead atoms. The maximum absolute atomic E-state index is 4.55. The van der Waals surface area contributed by atoms with Gasteiger partial charge in [0.2, 0.25) is 0 Å². The number of hydrogen-bond acceptors (Lipinski definition) is 6. The Kier molecular flexibility index (Phi) is 4.22. The molecule has 0 unspecified atom stereocenters. The summed E-state index contributed by atoms with van der Waals surface area (Å²) in [4.78, 5) is 19.6. The van der Waals surface area contributed by atoms with E-state index in [1.54, 1.807) is 12.7 Å². The van der Waals surface area contributed by atoms with Crippen molar-refractivity contribution in [2.45, 2.75) is 12.3 Å². The highest BCUT2D eigenvalue weighted by atomic mass is 15.1. The van der Waals surface area contributed by atoms with Crippen molar-refractivity contribution in [1.29, 1.82) is 0 Å². The van der Waals surface area contributed by atoms with Gasteiger partial charge in [0.1, 0.15) is 18.5 Å². The summed E-state index contributed by atoms with van der Waals surface area (Å²) in [5.41, 5.74) is 6.57. The quantitative estimate of drug-likeness (QED) is 0.700. The van der Waals surface area contributed by atoms with E-state index in [1.807, 2.05) is 0 Å². The lowest BCUT2D eigenvalue weighted by molar-refractivity contribution is 0.619. The minimum absolute atomic E-state index is 0.462. The third-order valence-corrected chi connectivity index (χ3v) is 5.74. The Balaban J connectivity index is 2.04. The molecule has 1 aromatic heterocycles. The molecule has 4 rings (SSSR count). The minimum Gasteiger partial charge on any atom is -0.378 e. The molecule has 0 saturated heterocycles. The summed E-state index contributed by atoms with van der Waals surface area (Å²) in [7, 11) is 10.4. The van der Waals surface area contributed by atoms with Crippen molar-refractivity contribution in [1.82, 2.24) is 15.0 Å². The monoisotopic (exact) mass is 374 g/mol. The highest BCUT2D eigenvalue weighted by molar-refractivity contribution is 5.83. The summed E-state index contributed by atoms with van der Waals surface area (Å²) in [6.45, 7) is 2.21. The molecule has 0 aliphatic carbocycles. The van der Waals surface area contributed by atoms with Gasteiger partial charge in [0.05, 0.1) is 5.41 Å². The van der Waals surface area contributed by atoms with E-state index in [0.717, 1.165) is 28.6 Å². The molecule has 2 aromatic carbocycles. The Labute approximate surface area is 166 Å². The molecule has 0 saturated carbocycles. The van der Waals surface area contributed by atoms with Gasteiger partial charge in [-0.25, -0.2) is 15.0 Å². The number of rotatable bonds is 3. The number of hydrogen-bond donors (Lipinski definition) is 0. The van der Waals surface area contributed by atoms with E-state index in [0.29, 0.717) is 0 Å². The van der Waals surface area contributed by atoms with Crippen LogP contribution in [-0.4, -0.2) is 50.2 Å². The summed E-state index contributed by atoms with van der Waals surface area (Å²) in [5.74, 6) is 0.758. The maximum atomic E-state index is 4.55. The summed E-state index contributed by atoms with van der Waals surface area (Å²) in [6, 6.07) is 13.2. The zero-order valence-corrected chi connectivity index (χ0v) is 17.3. The van der Waals surface area contributed by atoms with E-state index in [2.05, 4.69) is 108 Å². The summed E-state index contributed by atoms with van der Waals surface area (Å²) in [6.07, 6.45) is 3.15. The second-order valence-electron chi connectivity index (χ2n) is 7.84. The molecule has 0 radical (unpaired) electrons. The fourth-order valence-corrected chi connectivity index (χ4v) is 4.01. The van der Waals surface area contributed by atoms with E-state index in [9.17, 15) is 0 Å². The molecule has 1 aliphatic heterocycles. The van der Waals surface area contributed by atoms with Crippen molar-refractivity contribution < 1.29 is 0 Å². The molecular weight excluding hydrogens is 348 g/mol. The smallest absolute Gasteiger partial charge is 0.146 e. The molecule has 0 amide bonds. The zero-order valence-electron chi connectivity index (χ0n) is 17.3. The fourth-order valence-electron chi connectivity index (χ4n) is 4.01. The molecule has 0 fully saturated rings. The van der Waals surface area contributed by atoms with Crippen LogP contribution in [0.15, 0.2) is 49.1 Å². The third-order valence-electron chi connectivity index (χ3n) is 5.74. The SMILES string of the molecule is CN(C)c1ccc2c(c1)N(C)c1cc(N(C)C)ccc1C2(C)c1ncncn1. The number of fused-ring (bicyclic) bond motifs is 2. The van der Waals surface area contributed by atoms with Crippen LogP contribution in [-0.2, 0) is 5.41 Å². The number of anilines is 4. The van der Waals surface area contributed by atoms with Gasteiger partial charge in [-0.05, 0) is 42.3 Å². The number of nitrogens with zero attached hydrogens (tertiary/aromatic N) is 6. The van der Waals surface area contributed by atoms with Crippen LogP contribution in [0.3, 0.4) is 0 Å². The summed E-state index contributed by atoms with van der Waals surface area (Å²) >= 11 is 0. The van der Waals surface area contributed by atoms with Crippen molar-refractivity contribution in [3.8, 4) is 0 Å². The first-order chi connectivity index (χ1) is 13.3. The Hall–Kier alpha value is -3.15. The van der Waals surface area contributed by atoms with E-state index < -0.39 is 5.41 Å². The lowest BCUT2D eigenvalue weighted by Crippen LogP contribution is -2.36. The molecule has 0 atom stereocenters. The van der Waals surface area contributed by atoms with Crippen LogP contribution in [0.4, 0.5) is 22.7 Å². The largest absolute Gasteiger partial charge is 0.378 e. The van der Waals surface area contributed by atoms with Gasteiger partial charge < -0.3 is 14.7 Å². The van der Waals surface area contributed by atoms with Gasteiger partial charge in [-0.3, -0.25) is 0 Å². The molecule has 144 valence electrons. The third kappa shape index (κ3) is 2.59. The molecule has 0 spiro atoms. The topological polar surface area (TPSA) is 48.4 Å². The number of benzene rings is 2. The Morgan fingerprint density at radius 2 is 1.25 bits per heavy atom. The lowest BCUT2D eigenvalue weighted by atomic mass is 9.71. The molecule has 0 N–H and O–H groups in total. The molecular formula is C22H26N6. The van der Waals surface area contributed by atoms with Gasteiger partial charge in [-0.2, -0.15) is 0 Å². The Morgan fingerprint density at radius 1 is 0.786 bits per heavy atom. The normalized spacial score (nSPS) is 14.3. The van der Waals surface area contributed by atoms with Crippen molar-refractivity contribution >= 4 is 22.7 Å². The average Bonchev–Trinajstić information content (AvgIpc) is 2.71. The van der Waals surface area contributed by atoms with Crippen molar-refractivity contribution in [2.75, 3.05) is 49.9 Å². The van der Waals surface area contributed by atoms with Crippen molar-refractivity contribution in [3.63, 3.8) is 0 Å². The van der Waals surface area contributed by atoms with Gasteiger partial charge in [0.25, 0.3) is 0 Å². The second-order valence-corrected chi connectivity index (χ2v) is 7.84. The predicted molar refractivity (Wildman–Crippen MR) is 115 cm³/mol. The Morgan fingerprint density at radius 3 is 1.68 bits per heavy atom. The second kappa shape index (κ2) is 6.48. The van der Waals surface area contributed by atoms with E-state index in [1.165, 1.54) is 11.1 Å². The predicted octanol–water partition coefficient (Wildman–Crippen LogP) is 3.44. The van der Waals surface area contributed by atoms with Gasteiger partial charge in [0, 0.05) is 58.0 Å². The first-order valence-corrected chi connectivity index (χ1v) is 9.34. The van der Waals surface area contributed by atoms with Gasteiger partial charge in [-0.1, -0.05) is 12.1 Å². The zero-order chi connectivity index (χ0) is 20.1. The molecule has 6 nitrogen and oxygen atoms in total. The van der Waals surface area contributed by atoms with Gasteiger partial charge in [0.15, 0.2) is 0 Å². The molecule has 6 heteroatoms. The van der Waals surface area contributed by atoms with Crippen LogP contribution in [0.5, 0.6) is 0 Å². The van der Waals surface area contributed by atoms with E-state index >= 15 is 0 Å². The highest BCUT2D eigenvalue weighted by Gasteiger charge is 2.42. The van der Waals surface area contributed by atoms with Gasteiger partial charge in [-0.15, -0.1) is 0 Å². The highest BCUT2D eigenvalue weighted by Crippen LogP contribution is 2.52. The lowest BCUT2D eigenvalue weighted by Gasteiger charge is -2.42. The van der Waals surface area contributed by atoms with Crippen molar-refractivity contribution in [2.24, 2.45) is 0 Å². The summed E-state index contributed by atoms with van der Waals surface area (Å²) < 4.78 is 0. The fraction of sp³-hybridized carbons (Fsp3) is 0.318. The minimum atomic E-state index is -0.462. The van der Waals surface area contributed by atoms with Crippen LogP contribution in [0.25, 0.3) is 0 Å². The van der Waals surface area contributed by atoms with Crippen LogP contribution >= 0.6 is 0 Å². The molecule has 28 heavy (non-hydrogen) atoms. The standard InChI is InChI=1S/C22H26N6/c1-22(21-24-13-23-14-25-21)17-9-7-15(26(2)3)11-19(17)28(6)20-12-16(27(4)5)8-10-18(20)22/h7-14H,1-6H3. The Bertz CT molecular complexity index is 953. The van der Waals surface area contributed by atoms with Crippen molar-refractivity contribution in [3.05, 3.63) is 66.0 Å². The van der Waals surface area contributed by atoms with Crippen LogP contribution in [0.2, 0.25) is 0 Å². The molecule has 2 heterocycles. The molecule has 1 aliphatic rings. The van der Waals surface area contributed by atoms with Crippen LogP contribution in [0.1, 0.15) is 23.9 Å². The maximum Gasteiger partial charge on any atom is 0.146 e. The van der Waals surface area contributed by atoms with E-state index in [-0.39, 0.29) is 0 Å².